The molecule has 0 saturated heterocycles. The average molecular weight is 309 g/mol. The van der Waals surface area contributed by atoms with E-state index in [0.29, 0.717) is 5.69 Å². The van der Waals surface area contributed by atoms with Crippen LogP contribution in [0.25, 0.3) is 0 Å². The van der Waals surface area contributed by atoms with Gasteiger partial charge in [-0.05, 0) is 30.2 Å². The van der Waals surface area contributed by atoms with Crippen LogP contribution in [0.1, 0.15) is 23.0 Å². The van der Waals surface area contributed by atoms with E-state index in [4.69, 9.17) is 5.73 Å². The number of carbonyl (C=O) groups excluding carboxylic acids is 1. The first-order chi connectivity index (χ1) is 8.61. The van der Waals surface area contributed by atoms with Crippen LogP contribution in [0.3, 0.4) is 0 Å². The Kier molecular flexibility index (Phi) is 3.66. The Morgan fingerprint density at radius 2 is 2.33 bits per heavy atom. The molecule has 0 saturated carbocycles. The molecule has 0 aliphatic rings. The Balaban J connectivity index is 2.24. The third-order valence-electron chi connectivity index (χ3n) is 2.59. The van der Waals surface area contributed by atoms with Crippen LogP contribution in [0.15, 0.2) is 28.9 Å². The molecular weight excluding hydrogens is 296 g/mol. The minimum absolute atomic E-state index is 0.278. The maximum Gasteiger partial charge on any atom is 0.275 e. The normalized spacial score (nSPS) is 10.3. The first-order valence-electron chi connectivity index (χ1n) is 5.50. The van der Waals surface area contributed by atoms with Gasteiger partial charge in [0.15, 0.2) is 0 Å². The number of hydrogen-bond acceptors (Lipinski definition) is 3. The number of carbonyl (C=O) groups is 1. The van der Waals surface area contributed by atoms with E-state index in [-0.39, 0.29) is 11.6 Å². The molecule has 6 heteroatoms. The summed E-state index contributed by atoms with van der Waals surface area (Å²) in [4.78, 5) is 12.0. The van der Waals surface area contributed by atoms with E-state index in [0.717, 1.165) is 22.1 Å². The third-order valence-corrected chi connectivity index (χ3v) is 3.09. The molecule has 5 nitrogen and oxygen atoms in total. The predicted molar refractivity (Wildman–Crippen MR) is 74.5 cm³/mol. The molecule has 0 fully saturated rings. The zero-order chi connectivity index (χ0) is 13.1. The Morgan fingerprint density at radius 1 is 1.56 bits per heavy atom. The highest BCUT2D eigenvalue weighted by molar-refractivity contribution is 9.10. The third kappa shape index (κ3) is 2.53. The summed E-state index contributed by atoms with van der Waals surface area (Å²) < 4.78 is 0.985. The summed E-state index contributed by atoms with van der Waals surface area (Å²) in [6, 6.07) is 5.71. The molecule has 4 N–H and O–H groups in total. The van der Waals surface area contributed by atoms with E-state index in [1.807, 2.05) is 25.1 Å². The number of rotatable bonds is 3. The van der Waals surface area contributed by atoms with Gasteiger partial charge in [-0.2, -0.15) is 5.10 Å². The zero-order valence-corrected chi connectivity index (χ0v) is 11.4. The second kappa shape index (κ2) is 5.22. The second-order valence-corrected chi connectivity index (χ2v) is 4.73. The van der Waals surface area contributed by atoms with Gasteiger partial charge >= 0.3 is 0 Å². The number of amides is 1. The van der Waals surface area contributed by atoms with E-state index in [9.17, 15) is 4.79 Å². The SMILES string of the molecule is CCc1cc(Br)ccc1NC(=O)c1[nH]ncc1N. The van der Waals surface area contributed by atoms with Gasteiger partial charge in [0.1, 0.15) is 5.69 Å². The number of aromatic amines is 1. The van der Waals surface area contributed by atoms with Gasteiger partial charge in [-0.15, -0.1) is 0 Å². The highest BCUT2D eigenvalue weighted by atomic mass is 79.9. The smallest absolute Gasteiger partial charge is 0.275 e. The van der Waals surface area contributed by atoms with Crippen molar-refractivity contribution in [1.82, 2.24) is 10.2 Å². The van der Waals surface area contributed by atoms with E-state index in [2.05, 4.69) is 31.4 Å². The molecule has 0 bridgehead atoms. The summed E-state index contributed by atoms with van der Waals surface area (Å²) in [6.45, 7) is 2.03. The van der Waals surface area contributed by atoms with Gasteiger partial charge in [-0.3, -0.25) is 9.89 Å². The minimum Gasteiger partial charge on any atom is -0.396 e. The number of nitrogen functional groups attached to an aromatic ring is 1. The fourth-order valence-corrected chi connectivity index (χ4v) is 2.05. The van der Waals surface area contributed by atoms with Crippen molar-refractivity contribution in [2.75, 3.05) is 11.1 Å². The molecule has 1 aromatic heterocycles. The lowest BCUT2D eigenvalue weighted by Gasteiger charge is -2.09. The highest BCUT2D eigenvalue weighted by Gasteiger charge is 2.13. The van der Waals surface area contributed by atoms with Crippen molar-refractivity contribution < 1.29 is 4.79 Å². The lowest BCUT2D eigenvalue weighted by Crippen LogP contribution is -2.15. The lowest BCUT2D eigenvalue weighted by atomic mass is 10.1. The van der Waals surface area contributed by atoms with Crippen molar-refractivity contribution >= 4 is 33.2 Å². The van der Waals surface area contributed by atoms with Crippen LogP contribution in [0.4, 0.5) is 11.4 Å². The summed E-state index contributed by atoms with van der Waals surface area (Å²) in [5.74, 6) is -0.290. The number of aromatic nitrogens is 2. The quantitative estimate of drug-likeness (QED) is 0.815. The van der Waals surface area contributed by atoms with Gasteiger partial charge in [0.2, 0.25) is 0 Å². The molecule has 0 aliphatic heterocycles. The predicted octanol–water partition coefficient (Wildman–Crippen LogP) is 2.57. The molecule has 0 spiro atoms. The fraction of sp³-hybridized carbons (Fsp3) is 0.167. The fourth-order valence-electron chi connectivity index (χ4n) is 1.64. The number of nitrogens with one attached hydrogen (secondary N) is 2. The first-order valence-corrected chi connectivity index (χ1v) is 6.29. The monoisotopic (exact) mass is 308 g/mol. The molecule has 1 amide bonds. The van der Waals surface area contributed by atoms with Gasteiger partial charge in [-0.25, -0.2) is 0 Å². The van der Waals surface area contributed by atoms with Gasteiger partial charge in [-0.1, -0.05) is 22.9 Å². The number of nitrogens with zero attached hydrogens (tertiary/aromatic N) is 1. The summed E-state index contributed by atoms with van der Waals surface area (Å²) >= 11 is 3.40. The average Bonchev–Trinajstić information content (AvgIpc) is 2.77. The molecule has 94 valence electrons. The van der Waals surface area contributed by atoms with Crippen molar-refractivity contribution in [3.8, 4) is 0 Å². The lowest BCUT2D eigenvalue weighted by molar-refractivity contribution is 0.102. The van der Waals surface area contributed by atoms with Crippen LogP contribution in [0, 0.1) is 0 Å². The molecule has 1 aromatic carbocycles. The maximum atomic E-state index is 12.0. The summed E-state index contributed by atoms with van der Waals surface area (Å²) in [5.41, 5.74) is 8.07. The molecule has 2 rings (SSSR count). The van der Waals surface area contributed by atoms with Crippen molar-refractivity contribution in [1.29, 1.82) is 0 Å². The number of halogens is 1. The van der Waals surface area contributed by atoms with Gasteiger partial charge in [0.05, 0.1) is 11.9 Å². The maximum absolute atomic E-state index is 12.0. The van der Waals surface area contributed by atoms with Crippen LogP contribution >= 0.6 is 15.9 Å². The van der Waals surface area contributed by atoms with Crippen molar-refractivity contribution in [2.24, 2.45) is 0 Å². The van der Waals surface area contributed by atoms with Crippen LogP contribution in [-0.4, -0.2) is 16.1 Å². The van der Waals surface area contributed by atoms with E-state index < -0.39 is 0 Å². The number of benzene rings is 1. The summed E-state index contributed by atoms with van der Waals surface area (Å²) in [6.07, 6.45) is 2.24. The minimum atomic E-state index is -0.290. The van der Waals surface area contributed by atoms with Crippen LogP contribution in [0.5, 0.6) is 0 Å². The zero-order valence-electron chi connectivity index (χ0n) is 9.83. The Labute approximate surface area is 113 Å². The van der Waals surface area contributed by atoms with E-state index in [1.165, 1.54) is 6.20 Å². The first kappa shape index (κ1) is 12.6. The molecule has 1 heterocycles. The summed E-state index contributed by atoms with van der Waals surface area (Å²) in [7, 11) is 0. The number of hydrogen-bond donors (Lipinski definition) is 3. The number of anilines is 2. The van der Waals surface area contributed by atoms with Gasteiger partial charge < -0.3 is 11.1 Å². The molecular formula is C12H13BrN4O. The van der Waals surface area contributed by atoms with Crippen molar-refractivity contribution in [3.63, 3.8) is 0 Å². The summed E-state index contributed by atoms with van der Waals surface area (Å²) in [5, 5.41) is 9.12. The topological polar surface area (TPSA) is 83.8 Å². The number of nitrogens with two attached hydrogens (primary N) is 1. The van der Waals surface area contributed by atoms with Crippen molar-refractivity contribution in [2.45, 2.75) is 13.3 Å². The van der Waals surface area contributed by atoms with Crippen molar-refractivity contribution in [3.05, 3.63) is 40.1 Å². The Hall–Kier alpha value is -1.82. The Bertz CT molecular complexity index is 579. The second-order valence-electron chi connectivity index (χ2n) is 3.81. The molecule has 0 radical (unpaired) electrons. The van der Waals surface area contributed by atoms with Gasteiger partial charge in [0.25, 0.3) is 5.91 Å². The standard InChI is InChI=1S/C12H13BrN4O/c1-2-7-5-8(13)3-4-10(7)16-12(18)11-9(14)6-15-17-11/h3-6H,2,14H2,1H3,(H,15,17)(H,16,18). The van der Waals surface area contributed by atoms with Crippen LogP contribution in [-0.2, 0) is 6.42 Å². The molecule has 18 heavy (non-hydrogen) atoms. The molecule has 0 atom stereocenters. The van der Waals surface area contributed by atoms with Gasteiger partial charge in [0, 0.05) is 10.2 Å². The molecule has 2 aromatic rings. The highest BCUT2D eigenvalue weighted by Crippen LogP contribution is 2.22. The van der Waals surface area contributed by atoms with Crippen LogP contribution < -0.4 is 11.1 Å². The number of aryl methyl sites for hydroxylation is 1. The van der Waals surface area contributed by atoms with E-state index >= 15 is 0 Å². The number of H-pyrrole nitrogens is 1. The largest absolute Gasteiger partial charge is 0.396 e. The Morgan fingerprint density at radius 3 is 2.94 bits per heavy atom. The molecule has 0 unspecified atom stereocenters. The van der Waals surface area contributed by atoms with Crippen LogP contribution in [0.2, 0.25) is 0 Å². The molecule has 0 aliphatic carbocycles. The van der Waals surface area contributed by atoms with E-state index in [1.54, 1.807) is 0 Å².